The number of benzene rings is 3. The monoisotopic (exact) mass is 358 g/mol. The molecule has 0 aliphatic heterocycles. The van der Waals surface area contributed by atoms with E-state index in [4.69, 9.17) is 4.74 Å². The summed E-state index contributed by atoms with van der Waals surface area (Å²) in [6.45, 7) is -0.245. The summed E-state index contributed by atoms with van der Waals surface area (Å²) in [5.41, 5.74) is 5.34. The Balaban J connectivity index is 1.72. The number of hydrogen-bond donors (Lipinski definition) is 1. The molecule has 27 heavy (non-hydrogen) atoms. The number of nitrogens with one attached hydrogen (secondary N) is 1. The van der Waals surface area contributed by atoms with Gasteiger partial charge < -0.3 is 4.74 Å². The summed E-state index contributed by atoms with van der Waals surface area (Å²) in [6.07, 6.45) is 0.689. The molecular weight excluding hydrogens is 340 g/mol. The first kappa shape index (κ1) is 18.1. The smallest absolute Gasteiger partial charge is 0.277 e. The maximum absolute atomic E-state index is 12.2. The lowest BCUT2D eigenvalue weighted by molar-refractivity contribution is -0.123. The molecule has 3 rings (SSSR count). The number of hydrazone groups is 1. The SMILES string of the molecule is O=Cc1ccccc1OCC(=O)NN=C(c1ccccc1)c1ccccc1. The molecule has 1 amide bonds. The van der Waals surface area contributed by atoms with E-state index < -0.39 is 5.91 Å². The number of aldehydes is 1. The van der Waals surface area contributed by atoms with Crippen molar-refractivity contribution in [3.05, 3.63) is 102 Å². The van der Waals surface area contributed by atoms with Gasteiger partial charge in [0.1, 0.15) is 5.75 Å². The van der Waals surface area contributed by atoms with Gasteiger partial charge in [-0.15, -0.1) is 0 Å². The number of amides is 1. The lowest BCUT2D eigenvalue weighted by Crippen LogP contribution is -2.26. The fraction of sp³-hybridized carbons (Fsp3) is 0.0455. The molecule has 0 fully saturated rings. The van der Waals surface area contributed by atoms with Crippen molar-refractivity contribution < 1.29 is 14.3 Å². The maximum Gasteiger partial charge on any atom is 0.277 e. The van der Waals surface area contributed by atoms with E-state index in [1.165, 1.54) is 0 Å². The van der Waals surface area contributed by atoms with Gasteiger partial charge in [0.15, 0.2) is 12.9 Å². The molecule has 0 radical (unpaired) electrons. The molecule has 0 unspecified atom stereocenters. The Bertz CT molecular complexity index is 897. The molecule has 0 spiro atoms. The average Bonchev–Trinajstić information content (AvgIpc) is 2.74. The number of para-hydroxylation sites is 1. The topological polar surface area (TPSA) is 67.8 Å². The first-order chi connectivity index (χ1) is 13.3. The standard InChI is InChI=1S/C22H18N2O3/c25-15-19-13-7-8-14-20(19)27-16-21(26)23-24-22(17-9-3-1-4-10-17)18-11-5-2-6-12-18/h1-15H,16H2,(H,23,26). The largest absolute Gasteiger partial charge is 0.483 e. The lowest BCUT2D eigenvalue weighted by Gasteiger charge is -2.09. The molecule has 5 nitrogen and oxygen atoms in total. The molecule has 0 atom stereocenters. The number of hydrogen-bond acceptors (Lipinski definition) is 4. The van der Waals surface area contributed by atoms with E-state index in [1.807, 2.05) is 60.7 Å². The fourth-order valence-electron chi connectivity index (χ4n) is 2.49. The van der Waals surface area contributed by atoms with E-state index in [0.717, 1.165) is 11.1 Å². The Morgan fingerprint density at radius 2 is 1.41 bits per heavy atom. The zero-order valence-electron chi connectivity index (χ0n) is 14.5. The van der Waals surface area contributed by atoms with Crippen LogP contribution in [0.25, 0.3) is 0 Å². The Morgan fingerprint density at radius 3 is 2.00 bits per heavy atom. The quantitative estimate of drug-likeness (QED) is 0.400. The third-order valence-electron chi connectivity index (χ3n) is 3.79. The molecule has 0 bridgehead atoms. The predicted molar refractivity (Wildman–Crippen MR) is 104 cm³/mol. The highest BCUT2D eigenvalue weighted by Crippen LogP contribution is 2.15. The van der Waals surface area contributed by atoms with Crippen LogP contribution in [0.3, 0.4) is 0 Å². The van der Waals surface area contributed by atoms with Gasteiger partial charge in [0.05, 0.1) is 11.3 Å². The minimum atomic E-state index is -0.417. The second kappa shape index (κ2) is 9.10. The third-order valence-corrected chi connectivity index (χ3v) is 3.79. The number of carbonyl (C=O) groups excluding carboxylic acids is 2. The highest BCUT2D eigenvalue weighted by atomic mass is 16.5. The van der Waals surface area contributed by atoms with Crippen LogP contribution in [-0.4, -0.2) is 24.5 Å². The van der Waals surface area contributed by atoms with E-state index in [-0.39, 0.29) is 6.61 Å². The number of nitrogens with zero attached hydrogens (tertiary/aromatic N) is 1. The summed E-state index contributed by atoms with van der Waals surface area (Å²) in [6, 6.07) is 25.9. The minimum absolute atomic E-state index is 0.245. The van der Waals surface area contributed by atoms with E-state index >= 15 is 0 Å². The molecular formula is C22H18N2O3. The molecule has 0 heterocycles. The van der Waals surface area contributed by atoms with Gasteiger partial charge in [-0.2, -0.15) is 5.10 Å². The predicted octanol–water partition coefficient (Wildman–Crippen LogP) is 3.45. The molecule has 0 saturated carbocycles. The summed E-state index contributed by atoms with van der Waals surface area (Å²) >= 11 is 0. The minimum Gasteiger partial charge on any atom is -0.483 e. The Labute approximate surface area is 157 Å². The Morgan fingerprint density at radius 1 is 0.852 bits per heavy atom. The fourth-order valence-corrected chi connectivity index (χ4v) is 2.49. The highest BCUT2D eigenvalue weighted by Gasteiger charge is 2.09. The van der Waals surface area contributed by atoms with Crippen molar-refractivity contribution in [3.63, 3.8) is 0 Å². The van der Waals surface area contributed by atoms with Gasteiger partial charge in [0.25, 0.3) is 5.91 Å². The number of rotatable bonds is 7. The van der Waals surface area contributed by atoms with Crippen LogP contribution >= 0.6 is 0 Å². The van der Waals surface area contributed by atoms with Gasteiger partial charge in [-0.3, -0.25) is 9.59 Å². The number of carbonyl (C=O) groups is 2. The van der Waals surface area contributed by atoms with E-state index in [2.05, 4.69) is 10.5 Å². The van der Waals surface area contributed by atoms with Crippen LogP contribution in [0.15, 0.2) is 90.0 Å². The maximum atomic E-state index is 12.2. The second-order valence-electron chi connectivity index (χ2n) is 5.67. The van der Waals surface area contributed by atoms with Crippen molar-refractivity contribution >= 4 is 17.9 Å². The first-order valence-corrected chi connectivity index (χ1v) is 8.42. The van der Waals surface area contributed by atoms with Gasteiger partial charge >= 0.3 is 0 Å². The van der Waals surface area contributed by atoms with Gasteiger partial charge in [0, 0.05) is 11.1 Å². The summed E-state index contributed by atoms with van der Waals surface area (Å²) in [5, 5.41) is 4.29. The van der Waals surface area contributed by atoms with E-state index in [9.17, 15) is 9.59 Å². The Kier molecular flexibility index (Phi) is 6.09. The van der Waals surface area contributed by atoms with Crippen LogP contribution in [0, 0.1) is 0 Å². The van der Waals surface area contributed by atoms with Crippen LogP contribution in [-0.2, 0) is 4.79 Å². The van der Waals surface area contributed by atoms with Gasteiger partial charge in [-0.25, -0.2) is 5.43 Å². The summed E-state index contributed by atoms with van der Waals surface area (Å²) in [4.78, 5) is 23.1. The van der Waals surface area contributed by atoms with Crippen molar-refractivity contribution in [2.24, 2.45) is 5.10 Å². The van der Waals surface area contributed by atoms with Crippen LogP contribution in [0.2, 0.25) is 0 Å². The molecule has 1 N–H and O–H groups in total. The lowest BCUT2D eigenvalue weighted by atomic mass is 10.0. The van der Waals surface area contributed by atoms with Crippen molar-refractivity contribution in [1.82, 2.24) is 5.43 Å². The summed E-state index contributed by atoms with van der Waals surface area (Å²) < 4.78 is 5.42. The molecule has 0 aromatic heterocycles. The van der Waals surface area contributed by atoms with E-state index in [0.29, 0.717) is 23.3 Å². The average molecular weight is 358 g/mol. The van der Waals surface area contributed by atoms with Gasteiger partial charge in [-0.05, 0) is 12.1 Å². The first-order valence-electron chi connectivity index (χ1n) is 8.42. The second-order valence-corrected chi connectivity index (χ2v) is 5.67. The molecule has 134 valence electrons. The van der Waals surface area contributed by atoms with Crippen LogP contribution in [0.5, 0.6) is 5.75 Å². The zero-order chi connectivity index (χ0) is 18.9. The molecule has 3 aromatic rings. The molecule has 0 aliphatic rings. The highest BCUT2D eigenvalue weighted by molar-refractivity contribution is 6.13. The molecule has 5 heteroatoms. The van der Waals surface area contributed by atoms with Crippen molar-refractivity contribution in [1.29, 1.82) is 0 Å². The Hall–Kier alpha value is -3.73. The van der Waals surface area contributed by atoms with Crippen molar-refractivity contribution in [2.45, 2.75) is 0 Å². The van der Waals surface area contributed by atoms with Crippen LogP contribution in [0.4, 0.5) is 0 Å². The zero-order valence-corrected chi connectivity index (χ0v) is 14.5. The molecule has 3 aromatic carbocycles. The van der Waals surface area contributed by atoms with Crippen LogP contribution < -0.4 is 10.2 Å². The van der Waals surface area contributed by atoms with E-state index in [1.54, 1.807) is 24.3 Å². The molecule has 0 aliphatic carbocycles. The van der Waals surface area contributed by atoms with Crippen molar-refractivity contribution in [2.75, 3.05) is 6.61 Å². The number of ether oxygens (including phenoxy) is 1. The normalized spacial score (nSPS) is 9.93. The summed E-state index contributed by atoms with van der Waals surface area (Å²) in [5.74, 6) is -0.0574. The third kappa shape index (κ3) is 4.89. The molecule has 0 saturated heterocycles. The van der Waals surface area contributed by atoms with Crippen LogP contribution in [0.1, 0.15) is 21.5 Å². The van der Waals surface area contributed by atoms with Gasteiger partial charge in [-0.1, -0.05) is 72.8 Å². The van der Waals surface area contributed by atoms with Crippen molar-refractivity contribution in [3.8, 4) is 5.75 Å². The summed E-state index contributed by atoms with van der Waals surface area (Å²) in [7, 11) is 0. The van der Waals surface area contributed by atoms with Gasteiger partial charge in [0.2, 0.25) is 0 Å².